The molecular formula is C13H13NO3. The van der Waals surface area contributed by atoms with Crippen LogP contribution < -0.4 is 0 Å². The molecule has 4 nitrogen and oxygen atoms in total. The fourth-order valence-electron chi connectivity index (χ4n) is 1.17. The molecule has 0 saturated heterocycles. The fourth-order valence-corrected chi connectivity index (χ4v) is 1.17. The largest absolute Gasteiger partial charge is 0.465 e. The van der Waals surface area contributed by atoms with Crippen molar-refractivity contribution in [2.45, 2.75) is 6.92 Å². The Balaban J connectivity index is 2.84. The van der Waals surface area contributed by atoms with Crippen LogP contribution in [0.1, 0.15) is 12.5 Å². The number of carbonyl (C=O) groups excluding carboxylic acids is 2. The summed E-state index contributed by atoms with van der Waals surface area (Å²) in [5.41, 5.74) is 0.907. The van der Waals surface area contributed by atoms with Gasteiger partial charge in [-0.05, 0) is 24.6 Å². The molecule has 88 valence electrons. The van der Waals surface area contributed by atoms with Crippen LogP contribution in [-0.2, 0) is 14.3 Å². The maximum Gasteiger partial charge on any atom is 0.341 e. The lowest BCUT2D eigenvalue weighted by molar-refractivity contribution is -0.137. The fraction of sp³-hybridized carbons (Fsp3) is 0.154. The first kappa shape index (κ1) is 12.8. The third kappa shape index (κ3) is 4.03. The number of rotatable bonds is 4. The molecule has 0 fully saturated rings. The molecule has 0 aliphatic heterocycles. The number of ketones is 1. The van der Waals surface area contributed by atoms with Crippen LogP contribution in [-0.4, -0.2) is 23.8 Å². The standard InChI is InChI=1S/C13H13NO3/c1-10(15)12(13(16)17-2)7-3-5-11-6-4-8-14-9-11/h3-9H,1-2H3/b5-3+,12-7-. The summed E-state index contributed by atoms with van der Waals surface area (Å²) in [5, 5.41) is 0. The van der Waals surface area contributed by atoms with Gasteiger partial charge in [-0.25, -0.2) is 4.79 Å². The Bertz CT molecular complexity index is 461. The number of methoxy groups -OCH3 is 1. The van der Waals surface area contributed by atoms with Crippen LogP contribution in [0.5, 0.6) is 0 Å². The van der Waals surface area contributed by atoms with Gasteiger partial charge in [-0.2, -0.15) is 0 Å². The monoisotopic (exact) mass is 231 g/mol. The summed E-state index contributed by atoms with van der Waals surface area (Å²) in [6.45, 7) is 1.32. The Labute approximate surface area is 99.6 Å². The smallest absolute Gasteiger partial charge is 0.341 e. The van der Waals surface area contributed by atoms with Crippen LogP contribution in [0.3, 0.4) is 0 Å². The van der Waals surface area contributed by atoms with Crippen molar-refractivity contribution in [3.8, 4) is 0 Å². The Morgan fingerprint density at radius 2 is 2.18 bits per heavy atom. The topological polar surface area (TPSA) is 56.3 Å². The van der Waals surface area contributed by atoms with Crippen molar-refractivity contribution in [3.05, 3.63) is 47.8 Å². The minimum absolute atomic E-state index is 0.0210. The summed E-state index contributed by atoms with van der Waals surface area (Å²) in [4.78, 5) is 26.3. The van der Waals surface area contributed by atoms with Crippen LogP contribution in [0.2, 0.25) is 0 Å². The second-order valence-corrected chi connectivity index (χ2v) is 3.27. The zero-order valence-corrected chi connectivity index (χ0v) is 9.71. The highest BCUT2D eigenvalue weighted by Gasteiger charge is 2.12. The molecule has 1 rings (SSSR count). The van der Waals surface area contributed by atoms with Crippen molar-refractivity contribution in [1.82, 2.24) is 4.98 Å². The molecule has 0 aromatic carbocycles. The van der Waals surface area contributed by atoms with Gasteiger partial charge < -0.3 is 4.74 Å². The van der Waals surface area contributed by atoms with Crippen LogP contribution in [0.15, 0.2) is 42.3 Å². The van der Waals surface area contributed by atoms with Gasteiger partial charge in [0.05, 0.1) is 7.11 Å². The minimum Gasteiger partial charge on any atom is -0.465 e. The first-order chi connectivity index (χ1) is 8.15. The van der Waals surface area contributed by atoms with E-state index in [1.54, 1.807) is 30.6 Å². The Morgan fingerprint density at radius 3 is 2.71 bits per heavy atom. The second kappa shape index (κ2) is 6.37. The number of esters is 1. The first-order valence-corrected chi connectivity index (χ1v) is 5.03. The lowest BCUT2D eigenvalue weighted by atomic mass is 10.1. The molecule has 0 spiro atoms. The SMILES string of the molecule is COC(=O)/C(=C\C=C\c1cccnc1)C(C)=O. The zero-order chi connectivity index (χ0) is 12.7. The molecule has 0 N–H and O–H groups in total. The van der Waals surface area contributed by atoms with Crippen molar-refractivity contribution in [3.63, 3.8) is 0 Å². The zero-order valence-electron chi connectivity index (χ0n) is 9.71. The summed E-state index contributed by atoms with van der Waals surface area (Å²) in [7, 11) is 1.24. The molecule has 1 heterocycles. The molecule has 0 amide bonds. The predicted octanol–water partition coefficient (Wildman–Crippen LogP) is 1.78. The van der Waals surface area contributed by atoms with Crippen LogP contribution in [0, 0.1) is 0 Å². The molecule has 1 aromatic heterocycles. The summed E-state index contributed by atoms with van der Waals surface area (Å²) in [6, 6.07) is 3.67. The molecular weight excluding hydrogens is 218 g/mol. The quantitative estimate of drug-likeness (QED) is 0.260. The van der Waals surface area contributed by atoms with E-state index < -0.39 is 5.97 Å². The molecule has 0 unspecified atom stereocenters. The second-order valence-electron chi connectivity index (χ2n) is 3.27. The molecule has 0 saturated carbocycles. The van der Waals surface area contributed by atoms with Crippen molar-refractivity contribution in [2.24, 2.45) is 0 Å². The van der Waals surface area contributed by atoms with Gasteiger partial charge in [0.25, 0.3) is 0 Å². The number of pyridine rings is 1. The average molecular weight is 231 g/mol. The van der Waals surface area contributed by atoms with Gasteiger partial charge in [0.1, 0.15) is 5.57 Å². The molecule has 4 heteroatoms. The minimum atomic E-state index is -0.631. The Hall–Kier alpha value is -2.23. The van der Waals surface area contributed by atoms with Gasteiger partial charge in [-0.1, -0.05) is 18.2 Å². The number of Topliss-reactive ketones (excluding diaryl/α,β-unsaturated/α-hetero) is 1. The van der Waals surface area contributed by atoms with E-state index in [1.165, 1.54) is 20.1 Å². The molecule has 1 aromatic rings. The van der Waals surface area contributed by atoms with Crippen molar-refractivity contribution >= 4 is 17.8 Å². The third-order valence-electron chi connectivity index (χ3n) is 2.02. The Morgan fingerprint density at radius 1 is 1.41 bits per heavy atom. The average Bonchev–Trinajstić information content (AvgIpc) is 2.34. The van der Waals surface area contributed by atoms with Gasteiger partial charge in [0.15, 0.2) is 5.78 Å². The van der Waals surface area contributed by atoms with Gasteiger partial charge in [0, 0.05) is 12.4 Å². The van der Waals surface area contributed by atoms with Crippen molar-refractivity contribution < 1.29 is 14.3 Å². The molecule has 0 aliphatic carbocycles. The molecule has 0 aliphatic rings. The number of allylic oxidation sites excluding steroid dienone is 2. The van der Waals surface area contributed by atoms with Gasteiger partial charge in [0.2, 0.25) is 0 Å². The highest BCUT2D eigenvalue weighted by atomic mass is 16.5. The Kier molecular flexibility index (Phi) is 4.81. The summed E-state index contributed by atoms with van der Waals surface area (Å²) in [6.07, 6.45) is 8.14. The van der Waals surface area contributed by atoms with E-state index in [1.807, 2.05) is 6.07 Å². The number of ether oxygens (including phenoxy) is 1. The number of nitrogens with zero attached hydrogens (tertiary/aromatic N) is 1. The summed E-state index contributed by atoms with van der Waals surface area (Å²) < 4.78 is 4.50. The van der Waals surface area contributed by atoms with E-state index in [2.05, 4.69) is 9.72 Å². The van der Waals surface area contributed by atoms with Gasteiger partial charge in [-0.3, -0.25) is 9.78 Å². The molecule has 0 radical (unpaired) electrons. The van der Waals surface area contributed by atoms with E-state index in [-0.39, 0.29) is 11.4 Å². The van der Waals surface area contributed by atoms with Crippen LogP contribution in [0.4, 0.5) is 0 Å². The van der Waals surface area contributed by atoms with Crippen LogP contribution in [0.25, 0.3) is 6.08 Å². The number of carbonyl (C=O) groups is 2. The van der Waals surface area contributed by atoms with E-state index >= 15 is 0 Å². The van der Waals surface area contributed by atoms with Crippen LogP contribution >= 0.6 is 0 Å². The van der Waals surface area contributed by atoms with E-state index in [0.717, 1.165) is 5.56 Å². The molecule has 17 heavy (non-hydrogen) atoms. The highest BCUT2D eigenvalue weighted by Crippen LogP contribution is 2.03. The van der Waals surface area contributed by atoms with E-state index in [9.17, 15) is 9.59 Å². The maximum atomic E-state index is 11.2. The van der Waals surface area contributed by atoms with Crippen molar-refractivity contribution in [1.29, 1.82) is 0 Å². The van der Waals surface area contributed by atoms with Crippen molar-refractivity contribution in [2.75, 3.05) is 7.11 Å². The van der Waals surface area contributed by atoms with E-state index in [4.69, 9.17) is 0 Å². The lowest BCUT2D eigenvalue weighted by Gasteiger charge is -1.98. The van der Waals surface area contributed by atoms with Gasteiger partial charge in [-0.15, -0.1) is 0 Å². The maximum absolute atomic E-state index is 11.2. The third-order valence-corrected chi connectivity index (χ3v) is 2.02. The lowest BCUT2D eigenvalue weighted by Crippen LogP contribution is -2.11. The normalized spacial score (nSPS) is 11.5. The molecule has 0 atom stereocenters. The predicted molar refractivity (Wildman–Crippen MR) is 64.1 cm³/mol. The first-order valence-electron chi connectivity index (χ1n) is 5.03. The van der Waals surface area contributed by atoms with Gasteiger partial charge >= 0.3 is 5.97 Å². The molecule has 0 bridgehead atoms. The summed E-state index contributed by atoms with van der Waals surface area (Å²) >= 11 is 0. The number of hydrogen-bond acceptors (Lipinski definition) is 4. The highest BCUT2D eigenvalue weighted by molar-refractivity contribution is 6.16. The van der Waals surface area contributed by atoms with E-state index in [0.29, 0.717) is 0 Å². The number of aromatic nitrogens is 1. The summed E-state index contributed by atoms with van der Waals surface area (Å²) in [5.74, 6) is -0.957. The number of hydrogen-bond donors (Lipinski definition) is 0.